The molecule has 0 aliphatic carbocycles. The zero-order valence-corrected chi connectivity index (χ0v) is 13.3. The number of hydrogen-bond donors (Lipinski definition) is 1. The predicted octanol–water partition coefficient (Wildman–Crippen LogP) is 3.06. The van der Waals surface area contributed by atoms with Gasteiger partial charge in [-0.3, -0.25) is 4.79 Å². The van der Waals surface area contributed by atoms with Gasteiger partial charge in [-0.15, -0.1) is 11.8 Å². The molecular weight excluding hydrogens is 298 g/mol. The summed E-state index contributed by atoms with van der Waals surface area (Å²) in [5.74, 6) is 0.229. The quantitative estimate of drug-likeness (QED) is 0.863. The molecule has 0 bridgehead atoms. The van der Waals surface area contributed by atoms with Crippen LogP contribution < -0.4 is 4.90 Å². The molecule has 1 atom stereocenters. The van der Waals surface area contributed by atoms with E-state index >= 15 is 0 Å². The van der Waals surface area contributed by atoms with Crippen LogP contribution in [-0.4, -0.2) is 33.8 Å². The Hall–Kier alpha value is -2.08. The van der Waals surface area contributed by atoms with Crippen LogP contribution in [0.2, 0.25) is 0 Å². The number of fused-ring (bicyclic) bond motifs is 1. The molecule has 1 aromatic carbocycles. The number of amides is 1. The highest BCUT2D eigenvalue weighted by Crippen LogP contribution is 2.41. The summed E-state index contributed by atoms with van der Waals surface area (Å²) in [6.07, 6.45) is 5.82. The molecule has 1 aliphatic heterocycles. The van der Waals surface area contributed by atoms with Gasteiger partial charge in [0.15, 0.2) is 5.69 Å². The molecule has 5 nitrogen and oxygen atoms in total. The van der Waals surface area contributed by atoms with Crippen molar-refractivity contribution >= 4 is 23.4 Å². The van der Waals surface area contributed by atoms with Gasteiger partial charge < -0.3 is 10.0 Å². The first-order valence-corrected chi connectivity index (χ1v) is 8.34. The number of aromatic nitrogens is 2. The molecule has 1 unspecified atom stereocenters. The van der Waals surface area contributed by atoms with Crippen molar-refractivity contribution in [3.05, 3.63) is 41.9 Å². The van der Waals surface area contributed by atoms with Crippen LogP contribution >= 0.6 is 11.8 Å². The Kier molecular flexibility index (Phi) is 4.02. The molecule has 114 valence electrons. The Labute approximate surface area is 133 Å². The van der Waals surface area contributed by atoms with Crippen LogP contribution in [-0.2, 0) is 0 Å². The molecule has 1 N–H and O–H groups in total. The number of carbonyl (C=O) groups is 1. The first-order chi connectivity index (χ1) is 10.6. The Balaban J connectivity index is 2.07. The maximum atomic E-state index is 12.9. The van der Waals surface area contributed by atoms with Crippen LogP contribution in [0.15, 0.2) is 35.6 Å². The van der Waals surface area contributed by atoms with Crippen LogP contribution in [0.25, 0.3) is 0 Å². The molecule has 2 aromatic rings. The lowest BCUT2D eigenvalue weighted by Gasteiger charge is -2.33. The number of anilines is 1. The molecule has 0 saturated heterocycles. The van der Waals surface area contributed by atoms with Crippen LogP contribution in [0.3, 0.4) is 0 Å². The SMILES string of the molecule is CSc1nccnc1C(=O)N1CCC(C)c2cccc(O)c21. The molecular formula is C16H17N3O2S. The van der Waals surface area contributed by atoms with E-state index in [1.165, 1.54) is 18.0 Å². The third-order valence-corrected chi connectivity index (χ3v) is 4.62. The molecule has 2 heterocycles. The fraction of sp³-hybridized carbons (Fsp3) is 0.312. The van der Waals surface area contributed by atoms with Gasteiger partial charge in [0.05, 0.1) is 5.69 Å². The molecule has 1 amide bonds. The lowest BCUT2D eigenvalue weighted by molar-refractivity contribution is 0.0975. The number of aromatic hydroxyl groups is 1. The zero-order valence-electron chi connectivity index (χ0n) is 12.5. The highest BCUT2D eigenvalue weighted by Gasteiger charge is 2.31. The minimum Gasteiger partial charge on any atom is -0.506 e. The van der Waals surface area contributed by atoms with Crippen molar-refractivity contribution in [2.75, 3.05) is 17.7 Å². The van der Waals surface area contributed by atoms with Crippen molar-refractivity contribution in [1.29, 1.82) is 0 Å². The monoisotopic (exact) mass is 315 g/mol. The van der Waals surface area contributed by atoms with Crippen LogP contribution in [0, 0.1) is 0 Å². The first kappa shape index (κ1) is 14.8. The highest BCUT2D eigenvalue weighted by atomic mass is 32.2. The summed E-state index contributed by atoms with van der Waals surface area (Å²) in [6.45, 7) is 2.67. The molecule has 22 heavy (non-hydrogen) atoms. The van der Waals surface area contributed by atoms with Crippen molar-refractivity contribution in [1.82, 2.24) is 9.97 Å². The summed E-state index contributed by atoms with van der Waals surface area (Å²) in [4.78, 5) is 22.9. The molecule has 0 spiro atoms. The maximum absolute atomic E-state index is 12.9. The number of phenols is 1. The van der Waals surface area contributed by atoms with Gasteiger partial charge in [-0.25, -0.2) is 9.97 Å². The second-order valence-electron chi connectivity index (χ2n) is 5.28. The number of rotatable bonds is 2. The van der Waals surface area contributed by atoms with Gasteiger partial charge in [0.25, 0.3) is 5.91 Å². The number of benzene rings is 1. The molecule has 1 aromatic heterocycles. The number of carbonyl (C=O) groups excluding carboxylic acids is 1. The Bertz CT molecular complexity index is 720. The third-order valence-electron chi connectivity index (χ3n) is 3.94. The fourth-order valence-corrected chi connectivity index (χ4v) is 3.28. The molecule has 3 rings (SSSR count). The van der Waals surface area contributed by atoms with Gasteiger partial charge in [-0.1, -0.05) is 19.1 Å². The number of para-hydroxylation sites is 1. The Morgan fingerprint density at radius 3 is 2.91 bits per heavy atom. The lowest BCUT2D eigenvalue weighted by Crippen LogP contribution is -2.37. The van der Waals surface area contributed by atoms with Crippen LogP contribution in [0.4, 0.5) is 5.69 Å². The summed E-state index contributed by atoms with van der Waals surface area (Å²) < 4.78 is 0. The van der Waals surface area contributed by atoms with Gasteiger partial charge in [0, 0.05) is 18.9 Å². The molecule has 0 saturated carbocycles. The molecule has 0 fully saturated rings. The van der Waals surface area contributed by atoms with Gasteiger partial charge in [0.1, 0.15) is 10.8 Å². The highest BCUT2D eigenvalue weighted by molar-refractivity contribution is 7.98. The lowest BCUT2D eigenvalue weighted by atomic mass is 9.91. The summed E-state index contributed by atoms with van der Waals surface area (Å²) in [5, 5.41) is 10.8. The van der Waals surface area contributed by atoms with E-state index in [1.54, 1.807) is 17.2 Å². The van der Waals surface area contributed by atoms with Crippen molar-refractivity contribution in [2.45, 2.75) is 24.3 Å². The third kappa shape index (κ3) is 2.43. The van der Waals surface area contributed by atoms with Gasteiger partial charge in [-0.2, -0.15) is 0 Å². The average molecular weight is 315 g/mol. The van der Waals surface area contributed by atoms with Crippen molar-refractivity contribution in [3.8, 4) is 5.75 Å². The van der Waals surface area contributed by atoms with E-state index in [2.05, 4.69) is 16.9 Å². The minimum absolute atomic E-state index is 0.131. The number of hydrogen-bond acceptors (Lipinski definition) is 5. The van der Waals surface area contributed by atoms with E-state index in [-0.39, 0.29) is 11.7 Å². The van der Waals surface area contributed by atoms with Gasteiger partial charge in [-0.05, 0) is 30.2 Å². The maximum Gasteiger partial charge on any atom is 0.279 e. The average Bonchev–Trinajstić information content (AvgIpc) is 2.55. The van der Waals surface area contributed by atoms with E-state index in [1.807, 2.05) is 18.4 Å². The van der Waals surface area contributed by atoms with E-state index < -0.39 is 0 Å². The predicted molar refractivity (Wildman–Crippen MR) is 86.6 cm³/mol. The van der Waals surface area contributed by atoms with E-state index in [9.17, 15) is 9.90 Å². The summed E-state index contributed by atoms with van der Waals surface area (Å²) in [5.41, 5.74) is 1.93. The van der Waals surface area contributed by atoms with E-state index in [0.717, 1.165) is 12.0 Å². The largest absolute Gasteiger partial charge is 0.506 e. The smallest absolute Gasteiger partial charge is 0.279 e. The first-order valence-electron chi connectivity index (χ1n) is 7.12. The van der Waals surface area contributed by atoms with Crippen molar-refractivity contribution < 1.29 is 9.90 Å². The van der Waals surface area contributed by atoms with Crippen molar-refractivity contribution in [3.63, 3.8) is 0 Å². The topological polar surface area (TPSA) is 66.3 Å². The Morgan fingerprint density at radius 2 is 2.14 bits per heavy atom. The van der Waals surface area contributed by atoms with Crippen LogP contribution in [0.1, 0.15) is 35.3 Å². The second-order valence-corrected chi connectivity index (χ2v) is 6.07. The van der Waals surface area contributed by atoms with Gasteiger partial charge in [0.2, 0.25) is 0 Å². The molecule has 0 radical (unpaired) electrons. The number of nitrogens with zero attached hydrogens (tertiary/aromatic N) is 3. The number of phenolic OH excluding ortho intramolecular Hbond substituents is 1. The second kappa shape index (κ2) is 5.96. The van der Waals surface area contributed by atoms with E-state index in [4.69, 9.17) is 0 Å². The minimum atomic E-state index is -0.216. The van der Waals surface area contributed by atoms with E-state index in [0.29, 0.717) is 28.9 Å². The molecule has 6 heteroatoms. The fourth-order valence-electron chi connectivity index (χ4n) is 2.78. The zero-order chi connectivity index (χ0) is 15.7. The normalized spacial score (nSPS) is 17.2. The number of thioether (sulfide) groups is 1. The standard InChI is InChI=1S/C16H17N3O2S/c1-10-6-9-19(14-11(10)4-3-5-12(14)20)16(21)13-15(22-2)18-8-7-17-13/h3-5,7-8,10,20H,6,9H2,1-2H3. The summed E-state index contributed by atoms with van der Waals surface area (Å²) in [6, 6.07) is 5.39. The van der Waals surface area contributed by atoms with Crippen molar-refractivity contribution in [2.24, 2.45) is 0 Å². The molecule has 1 aliphatic rings. The van der Waals surface area contributed by atoms with Gasteiger partial charge >= 0.3 is 0 Å². The van der Waals surface area contributed by atoms with Crippen LogP contribution in [0.5, 0.6) is 5.75 Å². The summed E-state index contributed by atoms with van der Waals surface area (Å²) in [7, 11) is 0. The Morgan fingerprint density at radius 1 is 1.36 bits per heavy atom. The summed E-state index contributed by atoms with van der Waals surface area (Å²) >= 11 is 1.39.